The van der Waals surface area contributed by atoms with Gasteiger partial charge in [0.15, 0.2) is 17.5 Å². The Morgan fingerprint density at radius 1 is 1.39 bits per heavy atom. The highest BCUT2D eigenvalue weighted by molar-refractivity contribution is 5.74. The van der Waals surface area contributed by atoms with Gasteiger partial charge in [-0.15, -0.1) is 0 Å². The number of carbonyl (C=O) groups is 1. The number of carbonyl (C=O) groups excluding carboxylic acids is 1. The molecule has 2 atom stereocenters. The third-order valence-electron chi connectivity index (χ3n) is 3.82. The lowest BCUT2D eigenvalue weighted by atomic mass is 10.0. The zero-order valence-corrected chi connectivity index (χ0v) is 12.7. The van der Waals surface area contributed by atoms with E-state index in [9.17, 15) is 23.1 Å². The monoisotopic (exact) mass is 332 g/mol. The fourth-order valence-electron chi connectivity index (χ4n) is 2.46. The topological polar surface area (TPSA) is 70.6 Å². The molecule has 3 N–H and O–H groups in total. The number of aliphatic hydroxyl groups is 1. The zero-order chi connectivity index (χ0) is 17.0. The molecule has 0 aromatic heterocycles. The van der Waals surface area contributed by atoms with E-state index in [0.717, 1.165) is 25.0 Å². The first-order valence-corrected chi connectivity index (χ1v) is 7.28. The Hall–Kier alpha value is -1.80. The summed E-state index contributed by atoms with van der Waals surface area (Å²) >= 11 is 0. The summed E-state index contributed by atoms with van der Waals surface area (Å²) in [6, 6.07) is -0.204. The van der Waals surface area contributed by atoms with Crippen molar-refractivity contribution in [3.63, 3.8) is 0 Å². The average molecular weight is 332 g/mol. The quantitative estimate of drug-likeness (QED) is 0.723. The summed E-state index contributed by atoms with van der Waals surface area (Å²) < 4.78 is 44.9. The molecular formula is C15H19F3N2O3. The Balaban J connectivity index is 1.97. The van der Waals surface area contributed by atoms with Crippen LogP contribution in [0.4, 0.5) is 18.0 Å². The molecule has 0 saturated carbocycles. The zero-order valence-electron chi connectivity index (χ0n) is 12.7. The lowest BCUT2D eigenvalue weighted by Gasteiger charge is -2.24. The standard InChI is InChI=1S/C15H19F3N2O3/c1-15(3-2-4-23-15)8-19-14(22)20-12(7-21)9-5-10(16)13(18)11(17)6-9/h5-6,12,21H,2-4,7-8H2,1H3,(H2,19,20,22). The molecule has 1 fully saturated rings. The number of halogens is 3. The minimum absolute atomic E-state index is 0.0672. The molecule has 2 rings (SSSR count). The van der Waals surface area contributed by atoms with Gasteiger partial charge in [0.2, 0.25) is 0 Å². The van der Waals surface area contributed by atoms with E-state index in [-0.39, 0.29) is 12.1 Å². The maximum atomic E-state index is 13.2. The van der Waals surface area contributed by atoms with Crippen molar-refractivity contribution in [1.29, 1.82) is 0 Å². The van der Waals surface area contributed by atoms with Gasteiger partial charge in [0.05, 0.1) is 18.2 Å². The van der Waals surface area contributed by atoms with Crippen LogP contribution in [0.2, 0.25) is 0 Å². The number of nitrogens with one attached hydrogen (secondary N) is 2. The lowest BCUT2D eigenvalue weighted by molar-refractivity contribution is 0.0228. The molecule has 1 aromatic carbocycles. The highest BCUT2D eigenvalue weighted by Gasteiger charge is 2.30. The van der Waals surface area contributed by atoms with Crippen LogP contribution in [0.3, 0.4) is 0 Å². The molecule has 1 saturated heterocycles. The summed E-state index contributed by atoms with van der Waals surface area (Å²) in [7, 11) is 0. The van der Waals surface area contributed by atoms with E-state index in [4.69, 9.17) is 4.74 Å². The van der Waals surface area contributed by atoms with Crippen molar-refractivity contribution in [3.05, 3.63) is 35.1 Å². The van der Waals surface area contributed by atoms with Crippen molar-refractivity contribution in [3.8, 4) is 0 Å². The number of ether oxygens (including phenoxy) is 1. The van der Waals surface area contributed by atoms with Gasteiger partial charge in [0.1, 0.15) is 0 Å². The predicted octanol–water partition coefficient (Wildman–Crippen LogP) is 2.01. The van der Waals surface area contributed by atoms with E-state index in [1.54, 1.807) is 0 Å². The molecule has 2 amide bonds. The van der Waals surface area contributed by atoms with Crippen molar-refractivity contribution >= 4 is 6.03 Å². The van der Waals surface area contributed by atoms with E-state index in [0.29, 0.717) is 6.61 Å². The largest absolute Gasteiger partial charge is 0.394 e. The maximum absolute atomic E-state index is 13.2. The smallest absolute Gasteiger partial charge is 0.315 e. The molecule has 1 heterocycles. The molecule has 0 aliphatic carbocycles. The number of hydrogen-bond donors (Lipinski definition) is 3. The fourth-order valence-corrected chi connectivity index (χ4v) is 2.46. The van der Waals surface area contributed by atoms with Crippen LogP contribution in [0.25, 0.3) is 0 Å². The predicted molar refractivity (Wildman–Crippen MR) is 76.3 cm³/mol. The second kappa shape index (κ2) is 7.18. The molecule has 0 bridgehead atoms. The number of benzene rings is 1. The molecule has 1 aliphatic rings. The summed E-state index contributed by atoms with van der Waals surface area (Å²) in [6.45, 7) is 2.18. The van der Waals surface area contributed by atoms with Gasteiger partial charge < -0.3 is 20.5 Å². The van der Waals surface area contributed by atoms with Crippen LogP contribution in [0.15, 0.2) is 12.1 Å². The summed E-state index contributed by atoms with van der Waals surface area (Å²) in [5, 5.41) is 14.3. The number of aliphatic hydroxyl groups excluding tert-OH is 1. The number of hydrogen-bond acceptors (Lipinski definition) is 3. The number of rotatable bonds is 5. The first-order chi connectivity index (χ1) is 10.8. The Kier molecular flexibility index (Phi) is 5.48. The van der Waals surface area contributed by atoms with Crippen LogP contribution in [-0.4, -0.2) is 36.5 Å². The molecule has 8 heteroatoms. The van der Waals surface area contributed by atoms with Gasteiger partial charge in [0, 0.05) is 13.2 Å². The molecular weight excluding hydrogens is 313 g/mol. The number of urea groups is 1. The SMILES string of the molecule is CC1(CNC(=O)NC(CO)c2cc(F)c(F)c(F)c2)CCCO1. The maximum Gasteiger partial charge on any atom is 0.315 e. The molecule has 5 nitrogen and oxygen atoms in total. The fraction of sp³-hybridized carbons (Fsp3) is 0.533. The van der Waals surface area contributed by atoms with Crippen LogP contribution in [0.1, 0.15) is 31.4 Å². The van der Waals surface area contributed by atoms with Crippen LogP contribution >= 0.6 is 0 Å². The van der Waals surface area contributed by atoms with Gasteiger partial charge in [0.25, 0.3) is 0 Å². The summed E-state index contributed by atoms with van der Waals surface area (Å²) in [4.78, 5) is 11.9. The molecule has 0 radical (unpaired) electrons. The lowest BCUT2D eigenvalue weighted by Crippen LogP contribution is -2.46. The van der Waals surface area contributed by atoms with Gasteiger partial charge in [-0.1, -0.05) is 0 Å². The van der Waals surface area contributed by atoms with Gasteiger partial charge in [-0.05, 0) is 37.5 Å². The second-order valence-corrected chi connectivity index (χ2v) is 5.76. The summed E-state index contributed by atoms with van der Waals surface area (Å²) in [6.07, 6.45) is 1.72. The first kappa shape index (κ1) is 17.6. The van der Waals surface area contributed by atoms with Crippen molar-refractivity contribution in [1.82, 2.24) is 10.6 Å². The van der Waals surface area contributed by atoms with E-state index in [1.807, 2.05) is 6.92 Å². The highest BCUT2D eigenvalue weighted by Crippen LogP contribution is 2.24. The van der Waals surface area contributed by atoms with E-state index in [1.165, 1.54) is 0 Å². The molecule has 23 heavy (non-hydrogen) atoms. The summed E-state index contributed by atoms with van der Waals surface area (Å²) in [5.41, 5.74) is -0.512. The highest BCUT2D eigenvalue weighted by atomic mass is 19.2. The molecule has 1 aliphatic heterocycles. The van der Waals surface area contributed by atoms with Crippen LogP contribution in [-0.2, 0) is 4.74 Å². The van der Waals surface area contributed by atoms with Crippen molar-refractivity contribution in [2.24, 2.45) is 0 Å². The molecule has 0 spiro atoms. The molecule has 128 valence electrons. The third-order valence-corrected chi connectivity index (χ3v) is 3.82. The third kappa shape index (κ3) is 4.35. The Morgan fingerprint density at radius 3 is 2.57 bits per heavy atom. The average Bonchev–Trinajstić information content (AvgIpc) is 2.95. The van der Waals surface area contributed by atoms with Gasteiger partial charge in [-0.25, -0.2) is 18.0 Å². The van der Waals surface area contributed by atoms with Crippen molar-refractivity contribution < 1.29 is 27.8 Å². The minimum Gasteiger partial charge on any atom is -0.394 e. The van der Waals surface area contributed by atoms with Gasteiger partial charge in [-0.3, -0.25) is 0 Å². The molecule has 1 aromatic rings. The first-order valence-electron chi connectivity index (χ1n) is 7.28. The van der Waals surface area contributed by atoms with E-state index in [2.05, 4.69) is 10.6 Å². The van der Waals surface area contributed by atoms with E-state index >= 15 is 0 Å². The Bertz CT molecular complexity index is 554. The second-order valence-electron chi connectivity index (χ2n) is 5.76. The minimum atomic E-state index is -1.60. The van der Waals surface area contributed by atoms with Gasteiger partial charge >= 0.3 is 6.03 Å². The normalized spacial score (nSPS) is 22.0. The Morgan fingerprint density at radius 2 is 2.04 bits per heavy atom. The van der Waals surface area contributed by atoms with Gasteiger partial charge in [-0.2, -0.15) is 0 Å². The van der Waals surface area contributed by atoms with E-state index < -0.39 is 41.7 Å². The van der Waals surface area contributed by atoms with Crippen LogP contribution in [0.5, 0.6) is 0 Å². The van der Waals surface area contributed by atoms with Crippen molar-refractivity contribution in [2.45, 2.75) is 31.4 Å². The number of amides is 2. The van der Waals surface area contributed by atoms with Crippen LogP contribution in [0, 0.1) is 17.5 Å². The van der Waals surface area contributed by atoms with Crippen LogP contribution < -0.4 is 10.6 Å². The Labute approximate surface area is 131 Å². The van der Waals surface area contributed by atoms with Crippen molar-refractivity contribution in [2.75, 3.05) is 19.8 Å². The molecule has 2 unspecified atom stereocenters. The summed E-state index contributed by atoms with van der Waals surface area (Å²) in [5.74, 6) is -4.36.